The Labute approximate surface area is 99.7 Å². The number of anilines is 2. The standard InChI is InChI=1S/C14H24N2/c1-11-9-12(15-10-14(2,3)4)7-8-13(11)16(5)6/h7-9,15H,10H2,1-6H3. The summed E-state index contributed by atoms with van der Waals surface area (Å²) < 4.78 is 0. The summed E-state index contributed by atoms with van der Waals surface area (Å²) in [6.07, 6.45) is 0. The van der Waals surface area contributed by atoms with E-state index in [1.807, 2.05) is 0 Å². The molecule has 0 spiro atoms. The van der Waals surface area contributed by atoms with Gasteiger partial charge in [0.15, 0.2) is 0 Å². The summed E-state index contributed by atoms with van der Waals surface area (Å²) >= 11 is 0. The molecular formula is C14H24N2. The van der Waals surface area contributed by atoms with E-state index in [9.17, 15) is 0 Å². The Hall–Kier alpha value is -1.18. The van der Waals surface area contributed by atoms with Crippen molar-refractivity contribution in [3.05, 3.63) is 23.8 Å². The molecule has 0 saturated heterocycles. The van der Waals surface area contributed by atoms with Gasteiger partial charge in [-0.3, -0.25) is 0 Å². The normalized spacial score (nSPS) is 11.4. The summed E-state index contributed by atoms with van der Waals surface area (Å²) in [6.45, 7) is 9.86. The molecule has 1 aromatic rings. The fourth-order valence-corrected chi connectivity index (χ4v) is 1.63. The van der Waals surface area contributed by atoms with Gasteiger partial charge in [-0.2, -0.15) is 0 Å². The summed E-state index contributed by atoms with van der Waals surface area (Å²) in [5.41, 5.74) is 4.11. The quantitative estimate of drug-likeness (QED) is 0.838. The lowest BCUT2D eigenvalue weighted by atomic mass is 9.97. The number of rotatable bonds is 3. The Morgan fingerprint density at radius 2 is 1.81 bits per heavy atom. The Bertz CT molecular complexity index is 348. The fourth-order valence-electron chi connectivity index (χ4n) is 1.63. The molecule has 0 heterocycles. The molecule has 0 unspecified atom stereocenters. The Kier molecular flexibility index (Phi) is 3.84. The molecule has 0 radical (unpaired) electrons. The monoisotopic (exact) mass is 220 g/mol. The van der Waals surface area contributed by atoms with Crippen LogP contribution < -0.4 is 10.2 Å². The highest BCUT2D eigenvalue weighted by molar-refractivity contribution is 5.60. The van der Waals surface area contributed by atoms with Gasteiger partial charge in [0, 0.05) is 32.0 Å². The zero-order chi connectivity index (χ0) is 12.3. The molecule has 90 valence electrons. The molecule has 0 bridgehead atoms. The highest BCUT2D eigenvalue weighted by Crippen LogP contribution is 2.23. The molecule has 0 aliphatic carbocycles. The van der Waals surface area contributed by atoms with Gasteiger partial charge in [-0.05, 0) is 36.1 Å². The predicted molar refractivity (Wildman–Crippen MR) is 73.5 cm³/mol. The van der Waals surface area contributed by atoms with Gasteiger partial charge in [-0.15, -0.1) is 0 Å². The predicted octanol–water partition coefficient (Wildman–Crippen LogP) is 3.52. The Balaban J connectivity index is 2.74. The zero-order valence-electron chi connectivity index (χ0n) is 11.4. The average Bonchev–Trinajstić information content (AvgIpc) is 2.13. The molecule has 1 aromatic carbocycles. The van der Waals surface area contributed by atoms with Gasteiger partial charge in [0.1, 0.15) is 0 Å². The molecule has 0 aromatic heterocycles. The summed E-state index contributed by atoms with van der Waals surface area (Å²) in [7, 11) is 4.15. The number of benzene rings is 1. The molecule has 0 aliphatic rings. The number of nitrogens with zero attached hydrogens (tertiary/aromatic N) is 1. The van der Waals surface area contributed by atoms with Crippen LogP contribution in [-0.4, -0.2) is 20.6 Å². The van der Waals surface area contributed by atoms with Gasteiger partial charge in [0.2, 0.25) is 0 Å². The van der Waals surface area contributed by atoms with Crippen molar-refractivity contribution >= 4 is 11.4 Å². The first-order chi connectivity index (χ1) is 7.29. The molecule has 0 fully saturated rings. The first-order valence-corrected chi connectivity index (χ1v) is 5.81. The molecule has 0 amide bonds. The lowest BCUT2D eigenvalue weighted by molar-refractivity contribution is 0.443. The van der Waals surface area contributed by atoms with Gasteiger partial charge in [-0.25, -0.2) is 0 Å². The Morgan fingerprint density at radius 1 is 1.19 bits per heavy atom. The third-order valence-corrected chi connectivity index (χ3v) is 2.50. The van der Waals surface area contributed by atoms with Crippen LogP contribution in [0.2, 0.25) is 0 Å². The van der Waals surface area contributed by atoms with Crippen LogP contribution in [0.15, 0.2) is 18.2 Å². The van der Waals surface area contributed by atoms with Crippen LogP contribution in [0.4, 0.5) is 11.4 Å². The van der Waals surface area contributed by atoms with Crippen LogP contribution >= 0.6 is 0 Å². The maximum atomic E-state index is 3.47. The first-order valence-electron chi connectivity index (χ1n) is 5.81. The second kappa shape index (κ2) is 4.77. The van der Waals surface area contributed by atoms with Gasteiger partial charge >= 0.3 is 0 Å². The number of nitrogens with one attached hydrogen (secondary N) is 1. The second-order valence-corrected chi connectivity index (χ2v) is 5.81. The molecule has 0 atom stereocenters. The molecule has 2 heteroatoms. The van der Waals surface area contributed by atoms with E-state index in [-0.39, 0.29) is 0 Å². The SMILES string of the molecule is Cc1cc(NCC(C)(C)C)ccc1N(C)C. The van der Waals surface area contributed by atoms with Gasteiger partial charge < -0.3 is 10.2 Å². The minimum absolute atomic E-state index is 0.314. The number of hydrogen-bond acceptors (Lipinski definition) is 2. The van der Waals surface area contributed by atoms with Crippen molar-refractivity contribution in [2.24, 2.45) is 5.41 Å². The van der Waals surface area contributed by atoms with Crippen LogP contribution in [-0.2, 0) is 0 Å². The minimum Gasteiger partial charge on any atom is -0.385 e. The number of hydrogen-bond donors (Lipinski definition) is 1. The topological polar surface area (TPSA) is 15.3 Å². The van der Waals surface area contributed by atoms with Crippen molar-refractivity contribution in [1.82, 2.24) is 0 Å². The average molecular weight is 220 g/mol. The van der Waals surface area contributed by atoms with Crippen LogP contribution in [0.1, 0.15) is 26.3 Å². The van der Waals surface area contributed by atoms with E-state index in [4.69, 9.17) is 0 Å². The van der Waals surface area contributed by atoms with E-state index < -0.39 is 0 Å². The van der Waals surface area contributed by atoms with E-state index in [0.29, 0.717) is 5.41 Å². The van der Waals surface area contributed by atoms with Crippen LogP contribution in [0.3, 0.4) is 0 Å². The number of aryl methyl sites for hydroxylation is 1. The van der Waals surface area contributed by atoms with Gasteiger partial charge in [-0.1, -0.05) is 20.8 Å². The second-order valence-electron chi connectivity index (χ2n) is 5.81. The summed E-state index contributed by atoms with van der Waals surface area (Å²) in [5, 5.41) is 3.47. The minimum atomic E-state index is 0.314. The van der Waals surface area contributed by atoms with E-state index in [2.05, 4.69) is 70.2 Å². The summed E-state index contributed by atoms with van der Waals surface area (Å²) in [4.78, 5) is 2.14. The fraction of sp³-hybridized carbons (Fsp3) is 0.571. The first kappa shape index (κ1) is 12.9. The molecular weight excluding hydrogens is 196 g/mol. The summed E-state index contributed by atoms with van der Waals surface area (Å²) in [6, 6.07) is 6.52. The maximum Gasteiger partial charge on any atom is 0.0392 e. The third kappa shape index (κ3) is 3.76. The lowest BCUT2D eigenvalue weighted by Crippen LogP contribution is -2.19. The van der Waals surface area contributed by atoms with Crippen molar-refractivity contribution in [3.8, 4) is 0 Å². The van der Waals surface area contributed by atoms with E-state index >= 15 is 0 Å². The van der Waals surface area contributed by atoms with Gasteiger partial charge in [0.25, 0.3) is 0 Å². The van der Waals surface area contributed by atoms with E-state index in [1.165, 1.54) is 16.9 Å². The smallest absolute Gasteiger partial charge is 0.0392 e. The van der Waals surface area contributed by atoms with Crippen LogP contribution in [0, 0.1) is 12.3 Å². The third-order valence-electron chi connectivity index (χ3n) is 2.50. The molecule has 0 aliphatic heterocycles. The van der Waals surface area contributed by atoms with Crippen molar-refractivity contribution in [3.63, 3.8) is 0 Å². The van der Waals surface area contributed by atoms with Crippen molar-refractivity contribution in [2.75, 3.05) is 30.9 Å². The lowest BCUT2D eigenvalue weighted by Gasteiger charge is -2.21. The molecule has 0 saturated carbocycles. The highest BCUT2D eigenvalue weighted by Gasteiger charge is 2.09. The molecule has 2 nitrogen and oxygen atoms in total. The maximum absolute atomic E-state index is 3.47. The summed E-state index contributed by atoms with van der Waals surface area (Å²) in [5.74, 6) is 0. The van der Waals surface area contributed by atoms with E-state index in [0.717, 1.165) is 6.54 Å². The van der Waals surface area contributed by atoms with Crippen molar-refractivity contribution < 1.29 is 0 Å². The highest BCUT2D eigenvalue weighted by atomic mass is 15.1. The van der Waals surface area contributed by atoms with Gasteiger partial charge in [0.05, 0.1) is 0 Å². The molecule has 16 heavy (non-hydrogen) atoms. The van der Waals surface area contributed by atoms with E-state index in [1.54, 1.807) is 0 Å². The van der Waals surface area contributed by atoms with Crippen molar-refractivity contribution in [1.29, 1.82) is 0 Å². The largest absolute Gasteiger partial charge is 0.385 e. The Morgan fingerprint density at radius 3 is 2.25 bits per heavy atom. The van der Waals surface area contributed by atoms with Crippen LogP contribution in [0.25, 0.3) is 0 Å². The molecule has 1 rings (SSSR count). The van der Waals surface area contributed by atoms with Crippen LogP contribution in [0.5, 0.6) is 0 Å². The van der Waals surface area contributed by atoms with Crippen molar-refractivity contribution in [2.45, 2.75) is 27.7 Å². The molecule has 1 N–H and O–H groups in total. The zero-order valence-corrected chi connectivity index (χ0v) is 11.4.